The highest BCUT2D eigenvalue weighted by atomic mass is 16.5. The summed E-state index contributed by atoms with van der Waals surface area (Å²) >= 11 is 0. The molecule has 0 fully saturated rings. The Hall–Kier alpha value is -1.06. The monoisotopic (exact) mass is 237 g/mol. The van der Waals surface area contributed by atoms with Crippen molar-refractivity contribution in [2.45, 2.75) is 33.4 Å². The Balaban J connectivity index is 2.40. The third-order valence-electron chi connectivity index (χ3n) is 2.28. The van der Waals surface area contributed by atoms with E-state index < -0.39 is 0 Å². The van der Waals surface area contributed by atoms with Crippen LogP contribution < -0.4 is 10.1 Å². The Kier molecular flexibility index (Phi) is 6.67. The van der Waals surface area contributed by atoms with Gasteiger partial charge in [0, 0.05) is 25.3 Å². The number of hydrogen-bond acceptors (Lipinski definition) is 3. The van der Waals surface area contributed by atoms with Gasteiger partial charge in [-0.05, 0) is 26.8 Å². The van der Waals surface area contributed by atoms with Gasteiger partial charge in [0.15, 0.2) is 0 Å². The van der Waals surface area contributed by atoms with Crippen molar-refractivity contribution >= 4 is 0 Å². The standard InChI is InChI=1S/C14H23NO2/c1-4-16-10-9-15-11-13-7-5-6-8-14(13)17-12(2)3/h5-8,12,15H,4,9-11H2,1-3H3. The summed E-state index contributed by atoms with van der Waals surface area (Å²) in [5.74, 6) is 0.964. The quantitative estimate of drug-likeness (QED) is 0.705. The lowest BCUT2D eigenvalue weighted by Crippen LogP contribution is -2.20. The molecule has 0 atom stereocenters. The van der Waals surface area contributed by atoms with Crippen LogP contribution >= 0.6 is 0 Å². The van der Waals surface area contributed by atoms with Crippen molar-refractivity contribution in [1.29, 1.82) is 0 Å². The fraction of sp³-hybridized carbons (Fsp3) is 0.571. The first kappa shape index (κ1) is 14.0. The molecule has 3 heteroatoms. The summed E-state index contributed by atoms with van der Waals surface area (Å²) in [6.45, 7) is 9.29. The molecule has 17 heavy (non-hydrogen) atoms. The van der Waals surface area contributed by atoms with Crippen LogP contribution in [0, 0.1) is 0 Å². The summed E-state index contributed by atoms with van der Waals surface area (Å²) in [4.78, 5) is 0. The zero-order valence-electron chi connectivity index (χ0n) is 11.0. The zero-order chi connectivity index (χ0) is 12.5. The Morgan fingerprint density at radius 3 is 2.71 bits per heavy atom. The molecule has 1 aromatic carbocycles. The molecule has 0 aliphatic heterocycles. The molecule has 1 aromatic rings. The van der Waals surface area contributed by atoms with Gasteiger partial charge in [-0.25, -0.2) is 0 Å². The molecule has 0 radical (unpaired) electrons. The largest absolute Gasteiger partial charge is 0.491 e. The number of hydrogen-bond donors (Lipinski definition) is 1. The van der Waals surface area contributed by atoms with Gasteiger partial charge < -0.3 is 14.8 Å². The number of benzene rings is 1. The topological polar surface area (TPSA) is 30.5 Å². The molecule has 0 bridgehead atoms. The Bertz CT molecular complexity index is 313. The van der Waals surface area contributed by atoms with Gasteiger partial charge in [0.25, 0.3) is 0 Å². The summed E-state index contributed by atoms with van der Waals surface area (Å²) in [6, 6.07) is 8.14. The van der Waals surface area contributed by atoms with E-state index in [9.17, 15) is 0 Å². The molecule has 0 aliphatic carbocycles. The Morgan fingerprint density at radius 2 is 2.00 bits per heavy atom. The molecule has 0 aliphatic rings. The third kappa shape index (κ3) is 5.71. The summed E-state index contributed by atoms with van der Waals surface area (Å²) in [5.41, 5.74) is 1.19. The van der Waals surface area contributed by atoms with Crippen molar-refractivity contribution in [2.75, 3.05) is 19.8 Å². The van der Waals surface area contributed by atoms with Crippen LogP contribution in [0.5, 0.6) is 5.75 Å². The van der Waals surface area contributed by atoms with Crippen LogP contribution in [-0.4, -0.2) is 25.9 Å². The van der Waals surface area contributed by atoms with Crippen molar-refractivity contribution < 1.29 is 9.47 Å². The lowest BCUT2D eigenvalue weighted by Gasteiger charge is -2.14. The Labute approximate surface area is 104 Å². The second-order valence-electron chi connectivity index (χ2n) is 4.15. The van der Waals surface area contributed by atoms with Gasteiger partial charge in [0.1, 0.15) is 5.75 Å². The van der Waals surface area contributed by atoms with Crippen molar-refractivity contribution in [3.63, 3.8) is 0 Å². The van der Waals surface area contributed by atoms with Crippen molar-refractivity contribution in [2.24, 2.45) is 0 Å². The van der Waals surface area contributed by atoms with Crippen LogP contribution in [0.4, 0.5) is 0 Å². The smallest absolute Gasteiger partial charge is 0.124 e. The molecule has 0 saturated heterocycles. The maximum Gasteiger partial charge on any atom is 0.124 e. The number of nitrogens with one attached hydrogen (secondary N) is 1. The predicted molar refractivity (Wildman–Crippen MR) is 70.4 cm³/mol. The van der Waals surface area contributed by atoms with E-state index >= 15 is 0 Å². The van der Waals surface area contributed by atoms with Crippen LogP contribution in [0.2, 0.25) is 0 Å². The molecule has 1 N–H and O–H groups in total. The average Bonchev–Trinajstić information content (AvgIpc) is 2.30. The minimum atomic E-state index is 0.208. The fourth-order valence-electron chi connectivity index (χ4n) is 1.53. The fourth-order valence-corrected chi connectivity index (χ4v) is 1.53. The van der Waals surface area contributed by atoms with E-state index in [-0.39, 0.29) is 6.10 Å². The van der Waals surface area contributed by atoms with Gasteiger partial charge >= 0.3 is 0 Å². The SMILES string of the molecule is CCOCCNCc1ccccc1OC(C)C. The lowest BCUT2D eigenvalue weighted by molar-refractivity contribution is 0.149. The molecular weight excluding hydrogens is 214 g/mol. The van der Waals surface area contributed by atoms with Gasteiger partial charge in [-0.15, -0.1) is 0 Å². The average molecular weight is 237 g/mol. The van der Waals surface area contributed by atoms with E-state index in [0.717, 1.165) is 32.1 Å². The lowest BCUT2D eigenvalue weighted by atomic mass is 10.2. The predicted octanol–water partition coefficient (Wildman–Crippen LogP) is 2.60. The molecule has 0 heterocycles. The molecule has 0 aromatic heterocycles. The van der Waals surface area contributed by atoms with E-state index in [1.54, 1.807) is 0 Å². The van der Waals surface area contributed by atoms with E-state index in [0.29, 0.717) is 0 Å². The maximum atomic E-state index is 5.75. The number of rotatable bonds is 8. The van der Waals surface area contributed by atoms with Crippen LogP contribution in [0.1, 0.15) is 26.3 Å². The van der Waals surface area contributed by atoms with Crippen LogP contribution in [0.3, 0.4) is 0 Å². The first-order chi connectivity index (χ1) is 8.24. The number of ether oxygens (including phenoxy) is 2. The van der Waals surface area contributed by atoms with Gasteiger partial charge in [-0.2, -0.15) is 0 Å². The molecule has 0 spiro atoms. The summed E-state index contributed by atoms with van der Waals surface area (Å²) in [5, 5.41) is 3.35. The molecule has 0 unspecified atom stereocenters. The highest BCUT2D eigenvalue weighted by Gasteiger charge is 2.03. The van der Waals surface area contributed by atoms with Crippen LogP contribution in [-0.2, 0) is 11.3 Å². The third-order valence-corrected chi connectivity index (χ3v) is 2.28. The molecule has 96 valence electrons. The van der Waals surface area contributed by atoms with Crippen molar-refractivity contribution in [1.82, 2.24) is 5.32 Å². The molecule has 0 saturated carbocycles. The summed E-state index contributed by atoms with van der Waals surface area (Å²) < 4.78 is 11.0. The molecule has 1 rings (SSSR count). The van der Waals surface area contributed by atoms with Gasteiger partial charge in [0.2, 0.25) is 0 Å². The van der Waals surface area contributed by atoms with Crippen LogP contribution in [0.15, 0.2) is 24.3 Å². The number of para-hydroxylation sites is 1. The highest BCUT2D eigenvalue weighted by Crippen LogP contribution is 2.18. The first-order valence-corrected chi connectivity index (χ1v) is 6.27. The summed E-state index contributed by atoms with van der Waals surface area (Å²) in [7, 11) is 0. The minimum absolute atomic E-state index is 0.208. The highest BCUT2D eigenvalue weighted by molar-refractivity contribution is 5.33. The van der Waals surface area contributed by atoms with Crippen molar-refractivity contribution in [3.05, 3.63) is 29.8 Å². The minimum Gasteiger partial charge on any atom is -0.491 e. The van der Waals surface area contributed by atoms with E-state index in [4.69, 9.17) is 9.47 Å². The molecule has 0 amide bonds. The van der Waals surface area contributed by atoms with E-state index in [1.807, 2.05) is 39.0 Å². The zero-order valence-corrected chi connectivity index (χ0v) is 11.0. The van der Waals surface area contributed by atoms with Gasteiger partial charge in [-0.1, -0.05) is 18.2 Å². The van der Waals surface area contributed by atoms with E-state index in [2.05, 4.69) is 11.4 Å². The summed E-state index contributed by atoms with van der Waals surface area (Å²) in [6.07, 6.45) is 0.208. The normalized spacial score (nSPS) is 10.8. The van der Waals surface area contributed by atoms with Gasteiger partial charge in [-0.3, -0.25) is 0 Å². The van der Waals surface area contributed by atoms with Gasteiger partial charge in [0.05, 0.1) is 12.7 Å². The Morgan fingerprint density at radius 1 is 1.24 bits per heavy atom. The maximum absolute atomic E-state index is 5.75. The van der Waals surface area contributed by atoms with Crippen LogP contribution in [0.25, 0.3) is 0 Å². The second-order valence-corrected chi connectivity index (χ2v) is 4.15. The van der Waals surface area contributed by atoms with E-state index in [1.165, 1.54) is 5.56 Å². The molecular formula is C14H23NO2. The second kappa shape index (κ2) is 8.09. The van der Waals surface area contributed by atoms with Crippen molar-refractivity contribution in [3.8, 4) is 5.75 Å². The first-order valence-electron chi connectivity index (χ1n) is 6.27. The molecule has 3 nitrogen and oxygen atoms in total.